The monoisotopic (exact) mass is 524 g/mol. The second-order valence-electron chi connectivity index (χ2n) is 6.31. The van der Waals surface area contributed by atoms with Gasteiger partial charge in [0.25, 0.3) is 0 Å². The van der Waals surface area contributed by atoms with Crippen LogP contribution in [0.1, 0.15) is 18.9 Å². The van der Waals surface area contributed by atoms with Gasteiger partial charge in [-0.15, -0.1) is 24.0 Å². The van der Waals surface area contributed by atoms with Crippen molar-refractivity contribution in [3.63, 3.8) is 0 Å². The Morgan fingerprint density at radius 3 is 2.17 bits per heavy atom. The first-order chi connectivity index (χ1) is 13.6. The minimum Gasteiger partial charge on any atom is -0.493 e. The van der Waals surface area contributed by atoms with Crippen LogP contribution in [0.15, 0.2) is 17.1 Å². The Morgan fingerprint density at radius 2 is 1.66 bits per heavy atom. The fraction of sp³-hybridized carbons (Fsp3) is 0.650. The third-order valence-electron chi connectivity index (χ3n) is 4.16. The van der Waals surface area contributed by atoms with E-state index >= 15 is 0 Å². The van der Waals surface area contributed by atoms with Gasteiger partial charge in [-0.3, -0.25) is 0 Å². The Bertz CT molecular complexity index is 577. The second-order valence-corrected chi connectivity index (χ2v) is 6.31. The number of halogens is 1. The Morgan fingerprint density at radius 1 is 1.00 bits per heavy atom. The van der Waals surface area contributed by atoms with Crippen molar-refractivity contribution >= 4 is 29.9 Å². The maximum absolute atomic E-state index is 5.41. The SMILES string of the molecule is CCNC(=NCc1cc(OC)c(OC)c(OC)c1)NCCN(C)CCCOC.I. The van der Waals surface area contributed by atoms with Crippen LogP contribution in [0.2, 0.25) is 0 Å². The molecule has 2 N–H and O–H groups in total. The van der Waals surface area contributed by atoms with E-state index in [9.17, 15) is 0 Å². The molecule has 0 unspecified atom stereocenters. The van der Waals surface area contributed by atoms with Crippen LogP contribution in [-0.2, 0) is 11.3 Å². The van der Waals surface area contributed by atoms with Gasteiger partial charge in [0.05, 0.1) is 27.9 Å². The number of likely N-dealkylation sites (N-methyl/N-ethyl adjacent to an activating group) is 1. The first kappa shape index (κ1) is 27.5. The van der Waals surface area contributed by atoms with Crippen LogP contribution in [0.3, 0.4) is 0 Å². The number of guanidine groups is 1. The van der Waals surface area contributed by atoms with Crippen LogP contribution in [0.25, 0.3) is 0 Å². The molecule has 8 nitrogen and oxygen atoms in total. The highest BCUT2D eigenvalue weighted by atomic mass is 127. The molecule has 0 bridgehead atoms. The molecule has 0 amide bonds. The Labute approximate surface area is 192 Å². The molecule has 0 atom stereocenters. The van der Waals surface area contributed by atoms with E-state index in [0.29, 0.717) is 23.8 Å². The second kappa shape index (κ2) is 16.3. The molecular weight excluding hydrogens is 487 g/mol. The lowest BCUT2D eigenvalue weighted by atomic mass is 10.2. The molecule has 1 aromatic carbocycles. The molecule has 0 aliphatic heterocycles. The van der Waals surface area contributed by atoms with Crippen molar-refractivity contribution in [3.05, 3.63) is 17.7 Å². The van der Waals surface area contributed by atoms with Crippen molar-refractivity contribution in [1.82, 2.24) is 15.5 Å². The van der Waals surface area contributed by atoms with Crippen molar-refractivity contribution < 1.29 is 18.9 Å². The fourth-order valence-corrected chi connectivity index (χ4v) is 2.69. The van der Waals surface area contributed by atoms with Crippen molar-refractivity contribution in [2.75, 3.05) is 68.3 Å². The zero-order valence-corrected chi connectivity index (χ0v) is 20.9. The van der Waals surface area contributed by atoms with E-state index in [1.54, 1.807) is 28.4 Å². The zero-order chi connectivity index (χ0) is 20.8. The summed E-state index contributed by atoms with van der Waals surface area (Å²) in [7, 11) is 8.65. The topological polar surface area (TPSA) is 76.6 Å². The maximum atomic E-state index is 5.41. The normalized spacial score (nSPS) is 11.1. The van der Waals surface area contributed by atoms with Gasteiger partial charge in [0.1, 0.15) is 0 Å². The molecule has 0 saturated heterocycles. The quantitative estimate of drug-likeness (QED) is 0.178. The molecule has 168 valence electrons. The van der Waals surface area contributed by atoms with Gasteiger partial charge in [0, 0.05) is 39.9 Å². The number of benzene rings is 1. The summed E-state index contributed by atoms with van der Waals surface area (Å²) in [6, 6.07) is 3.83. The summed E-state index contributed by atoms with van der Waals surface area (Å²) in [6.07, 6.45) is 1.03. The molecule has 1 rings (SSSR count). The van der Waals surface area contributed by atoms with Gasteiger partial charge in [-0.1, -0.05) is 0 Å². The van der Waals surface area contributed by atoms with E-state index in [2.05, 4.69) is 27.6 Å². The van der Waals surface area contributed by atoms with Crippen LogP contribution < -0.4 is 24.8 Å². The molecule has 0 aliphatic rings. The average Bonchev–Trinajstić information content (AvgIpc) is 2.71. The van der Waals surface area contributed by atoms with Crippen LogP contribution in [0.4, 0.5) is 0 Å². The summed E-state index contributed by atoms with van der Waals surface area (Å²) in [5.74, 6) is 2.62. The van der Waals surface area contributed by atoms with Gasteiger partial charge in [-0.2, -0.15) is 0 Å². The summed E-state index contributed by atoms with van der Waals surface area (Å²) < 4.78 is 21.3. The first-order valence-corrected chi connectivity index (χ1v) is 9.58. The van der Waals surface area contributed by atoms with Gasteiger partial charge in [-0.05, 0) is 38.1 Å². The van der Waals surface area contributed by atoms with Crippen molar-refractivity contribution in [1.29, 1.82) is 0 Å². The number of hydrogen-bond acceptors (Lipinski definition) is 6. The maximum Gasteiger partial charge on any atom is 0.203 e. The molecule has 0 heterocycles. The van der Waals surface area contributed by atoms with E-state index in [4.69, 9.17) is 18.9 Å². The van der Waals surface area contributed by atoms with Crippen molar-refractivity contribution in [2.45, 2.75) is 19.9 Å². The summed E-state index contributed by atoms with van der Waals surface area (Å²) in [5.41, 5.74) is 0.975. The Balaban J connectivity index is 0.00000784. The highest BCUT2D eigenvalue weighted by Gasteiger charge is 2.13. The van der Waals surface area contributed by atoms with E-state index < -0.39 is 0 Å². The molecule has 0 fully saturated rings. The molecular formula is C20H37IN4O4. The predicted octanol–water partition coefficient (Wildman–Crippen LogP) is 2.35. The number of rotatable bonds is 13. The summed E-state index contributed by atoms with van der Waals surface area (Å²) >= 11 is 0. The molecule has 29 heavy (non-hydrogen) atoms. The largest absolute Gasteiger partial charge is 0.493 e. The Kier molecular flexibility index (Phi) is 15.5. The van der Waals surface area contributed by atoms with Crippen molar-refractivity contribution in [3.8, 4) is 17.2 Å². The summed E-state index contributed by atoms with van der Waals surface area (Å²) in [4.78, 5) is 6.94. The molecule has 1 aromatic rings. The van der Waals surface area contributed by atoms with Gasteiger partial charge in [0.2, 0.25) is 5.75 Å². The minimum absolute atomic E-state index is 0. The summed E-state index contributed by atoms with van der Waals surface area (Å²) in [6.45, 7) is 6.88. The number of aliphatic imine (C=N–C) groups is 1. The molecule has 0 spiro atoms. The van der Waals surface area contributed by atoms with E-state index in [0.717, 1.165) is 50.7 Å². The number of nitrogens with zero attached hydrogens (tertiary/aromatic N) is 2. The van der Waals surface area contributed by atoms with E-state index in [-0.39, 0.29) is 24.0 Å². The number of nitrogens with one attached hydrogen (secondary N) is 2. The highest BCUT2D eigenvalue weighted by molar-refractivity contribution is 14.0. The standard InChI is InChI=1S/C20H36N4O4.HI/c1-7-21-20(22-9-11-24(2)10-8-12-25-3)23-15-16-13-17(26-4)19(28-6)18(14-16)27-5;/h13-14H,7-12,15H2,1-6H3,(H2,21,22,23);1H. The molecule has 9 heteroatoms. The van der Waals surface area contributed by atoms with Crippen LogP contribution >= 0.6 is 24.0 Å². The summed E-state index contributed by atoms with van der Waals surface area (Å²) in [5, 5.41) is 6.64. The van der Waals surface area contributed by atoms with Crippen molar-refractivity contribution in [2.24, 2.45) is 4.99 Å². The number of methoxy groups -OCH3 is 4. The lowest BCUT2D eigenvalue weighted by Crippen LogP contribution is -2.41. The van der Waals surface area contributed by atoms with E-state index in [1.165, 1.54) is 0 Å². The molecule has 0 radical (unpaired) electrons. The third-order valence-corrected chi connectivity index (χ3v) is 4.16. The molecule has 0 saturated carbocycles. The van der Waals surface area contributed by atoms with Crippen LogP contribution in [-0.4, -0.2) is 79.1 Å². The predicted molar refractivity (Wildman–Crippen MR) is 128 cm³/mol. The average molecular weight is 524 g/mol. The van der Waals surface area contributed by atoms with Gasteiger partial charge >= 0.3 is 0 Å². The number of hydrogen-bond donors (Lipinski definition) is 2. The smallest absolute Gasteiger partial charge is 0.203 e. The van der Waals surface area contributed by atoms with Gasteiger partial charge in [0.15, 0.2) is 17.5 Å². The third kappa shape index (κ3) is 10.2. The molecule has 0 aliphatic carbocycles. The van der Waals surface area contributed by atoms with E-state index in [1.807, 2.05) is 19.1 Å². The first-order valence-electron chi connectivity index (χ1n) is 9.58. The van der Waals surface area contributed by atoms with Gasteiger partial charge < -0.3 is 34.5 Å². The van der Waals surface area contributed by atoms with Crippen LogP contribution in [0, 0.1) is 0 Å². The fourth-order valence-electron chi connectivity index (χ4n) is 2.69. The molecule has 0 aromatic heterocycles. The lowest BCUT2D eigenvalue weighted by Gasteiger charge is -2.18. The lowest BCUT2D eigenvalue weighted by molar-refractivity contribution is 0.180. The highest BCUT2D eigenvalue weighted by Crippen LogP contribution is 2.38. The zero-order valence-electron chi connectivity index (χ0n) is 18.5. The van der Waals surface area contributed by atoms with Gasteiger partial charge in [-0.25, -0.2) is 4.99 Å². The Hall–Kier alpha value is -1.46. The van der Waals surface area contributed by atoms with Crippen LogP contribution in [0.5, 0.6) is 17.2 Å². The minimum atomic E-state index is 0. The number of ether oxygens (including phenoxy) is 4.